The zero-order valence-electron chi connectivity index (χ0n) is 7.86. The monoisotopic (exact) mass is 232 g/mol. The lowest BCUT2D eigenvalue weighted by molar-refractivity contribution is -0.131. The van der Waals surface area contributed by atoms with Crippen molar-refractivity contribution in [2.75, 3.05) is 0 Å². The third-order valence-corrected chi connectivity index (χ3v) is 1.62. The molecule has 16 heavy (non-hydrogen) atoms. The fraction of sp³-hybridized carbons (Fsp3) is 0.100. The second-order valence-corrected chi connectivity index (χ2v) is 2.70. The quantitative estimate of drug-likeness (QED) is 0.811. The second-order valence-electron chi connectivity index (χ2n) is 2.70. The summed E-state index contributed by atoms with van der Waals surface area (Å²) < 4.78 is 41.1. The van der Waals surface area contributed by atoms with E-state index in [1.165, 1.54) is 6.07 Å². The molecule has 0 heterocycles. The molecule has 3 nitrogen and oxygen atoms in total. The van der Waals surface area contributed by atoms with Crippen molar-refractivity contribution in [1.29, 1.82) is 0 Å². The summed E-state index contributed by atoms with van der Waals surface area (Å²) in [7, 11) is 0. The summed E-state index contributed by atoms with van der Waals surface area (Å²) in [6.07, 6.45) is 1.49. The van der Waals surface area contributed by atoms with Gasteiger partial charge in [0.05, 0.1) is 5.56 Å². The van der Waals surface area contributed by atoms with Crippen molar-refractivity contribution in [3.8, 4) is 5.75 Å². The van der Waals surface area contributed by atoms with Gasteiger partial charge in [0.25, 0.3) is 0 Å². The first-order chi connectivity index (χ1) is 7.50. The molecule has 86 valence electrons. The van der Waals surface area contributed by atoms with E-state index in [0.717, 1.165) is 18.2 Å². The molecule has 0 aromatic heterocycles. The highest BCUT2D eigenvalue weighted by molar-refractivity contribution is 5.85. The first kappa shape index (κ1) is 12.1. The Hall–Kier alpha value is -1.98. The molecule has 1 N–H and O–H groups in total. The van der Waals surface area contributed by atoms with Crippen LogP contribution in [0.2, 0.25) is 0 Å². The number of benzene rings is 1. The summed E-state index contributed by atoms with van der Waals surface area (Å²) in [4.78, 5) is 10.2. The average Bonchev–Trinajstić information content (AvgIpc) is 2.15. The second kappa shape index (κ2) is 5.20. The Morgan fingerprint density at radius 3 is 2.69 bits per heavy atom. The van der Waals surface area contributed by atoms with Crippen LogP contribution >= 0.6 is 0 Å². The highest BCUT2D eigenvalue weighted by atomic mass is 19.3. The van der Waals surface area contributed by atoms with Crippen molar-refractivity contribution in [2.45, 2.75) is 6.61 Å². The lowest BCUT2D eigenvalue weighted by Crippen LogP contribution is -2.04. The third-order valence-electron chi connectivity index (χ3n) is 1.62. The first-order valence-electron chi connectivity index (χ1n) is 4.15. The Kier molecular flexibility index (Phi) is 3.93. The number of alkyl halides is 2. The molecule has 0 unspecified atom stereocenters. The number of hydrogen-bond donors (Lipinski definition) is 1. The molecule has 0 saturated heterocycles. The molecule has 0 bridgehead atoms. The minimum atomic E-state index is -3.10. The van der Waals surface area contributed by atoms with Gasteiger partial charge >= 0.3 is 12.6 Å². The van der Waals surface area contributed by atoms with Crippen LogP contribution in [0.3, 0.4) is 0 Å². The molecular formula is C10H7F3O3. The first-order valence-corrected chi connectivity index (χ1v) is 4.15. The molecule has 0 radical (unpaired) electrons. The zero-order valence-corrected chi connectivity index (χ0v) is 7.86. The average molecular weight is 232 g/mol. The van der Waals surface area contributed by atoms with Crippen molar-refractivity contribution < 1.29 is 27.8 Å². The van der Waals surface area contributed by atoms with Crippen LogP contribution in [0.15, 0.2) is 24.3 Å². The van der Waals surface area contributed by atoms with Gasteiger partial charge in [0.2, 0.25) is 0 Å². The van der Waals surface area contributed by atoms with Gasteiger partial charge in [-0.15, -0.1) is 0 Å². The van der Waals surface area contributed by atoms with Gasteiger partial charge in [-0.1, -0.05) is 6.07 Å². The lowest BCUT2D eigenvalue weighted by atomic mass is 10.1. The molecule has 1 aromatic rings. The number of hydrogen-bond acceptors (Lipinski definition) is 2. The normalized spacial score (nSPS) is 11.0. The molecule has 0 aliphatic carbocycles. The Bertz CT molecular complexity index is 416. The Morgan fingerprint density at radius 2 is 2.12 bits per heavy atom. The van der Waals surface area contributed by atoms with E-state index in [4.69, 9.17) is 5.11 Å². The zero-order chi connectivity index (χ0) is 12.1. The maximum absolute atomic E-state index is 13.2. The Morgan fingerprint density at radius 1 is 1.44 bits per heavy atom. The summed E-state index contributed by atoms with van der Waals surface area (Å²) in [6, 6.07) is 3.32. The molecule has 0 spiro atoms. The highest BCUT2D eigenvalue weighted by Crippen LogP contribution is 2.24. The van der Waals surface area contributed by atoms with E-state index in [1.807, 2.05) is 0 Å². The molecular weight excluding hydrogens is 225 g/mol. The summed E-state index contributed by atoms with van der Waals surface area (Å²) in [5, 5.41) is 8.34. The van der Waals surface area contributed by atoms with Gasteiger partial charge in [-0.25, -0.2) is 9.18 Å². The van der Waals surface area contributed by atoms with Crippen LogP contribution in [0.25, 0.3) is 6.08 Å². The van der Waals surface area contributed by atoms with Crippen molar-refractivity contribution in [3.63, 3.8) is 0 Å². The number of ether oxygens (including phenoxy) is 1. The van der Waals surface area contributed by atoms with Crippen LogP contribution < -0.4 is 4.74 Å². The molecule has 0 atom stereocenters. The fourth-order valence-electron chi connectivity index (χ4n) is 1.03. The topological polar surface area (TPSA) is 46.5 Å². The highest BCUT2D eigenvalue weighted by Gasteiger charge is 2.11. The van der Waals surface area contributed by atoms with Gasteiger partial charge in [-0.3, -0.25) is 0 Å². The molecule has 6 heteroatoms. The lowest BCUT2D eigenvalue weighted by Gasteiger charge is -2.08. The molecule has 1 aromatic carbocycles. The number of carbonyl (C=O) groups is 1. The van der Waals surface area contributed by atoms with Gasteiger partial charge in [-0.2, -0.15) is 8.78 Å². The molecule has 0 saturated carbocycles. The van der Waals surface area contributed by atoms with Crippen LogP contribution in [-0.2, 0) is 4.79 Å². The Labute approximate surface area is 88.8 Å². The summed E-state index contributed by atoms with van der Waals surface area (Å²) in [5.74, 6) is -2.56. The molecule has 0 amide bonds. The van der Waals surface area contributed by atoms with Crippen LogP contribution in [0.1, 0.15) is 5.56 Å². The number of aliphatic carboxylic acids is 1. The largest absolute Gasteiger partial charge is 0.478 e. The van der Waals surface area contributed by atoms with E-state index in [2.05, 4.69) is 4.74 Å². The summed E-state index contributed by atoms with van der Waals surface area (Å²) in [6.45, 7) is -3.10. The van der Waals surface area contributed by atoms with E-state index >= 15 is 0 Å². The SMILES string of the molecule is O=C(O)C=Cc1c(F)cccc1OC(F)F. The van der Waals surface area contributed by atoms with E-state index in [1.54, 1.807) is 0 Å². The van der Waals surface area contributed by atoms with E-state index in [0.29, 0.717) is 6.08 Å². The maximum Gasteiger partial charge on any atom is 0.387 e. The van der Waals surface area contributed by atoms with Gasteiger partial charge in [0, 0.05) is 6.08 Å². The molecule has 0 aliphatic rings. The number of halogens is 3. The Balaban J connectivity index is 3.08. The number of carboxylic acids is 1. The summed E-state index contributed by atoms with van der Waals surface area (Å²) in [5.41, 5.74) is -0.329. The van der Waals surface area contributed by atoms with E-state index < -0.39 is 24.1 Å². The minimum absolute atomic E-state index is 0.329. The van der Waals surface area contributed by atoms with Crippen LogP contribution in [-0.4, -0.2) is 17.7 Å². The van der Waals surface area contributed by atoms with Gasteiger partial charge in [-0.05, 0) is 18.2 Å². The molecule has 0 aliphatic heterocycles. The van der Waals surface area contributed by atoms with Crippen molar-refractivity contribution in [2.24, 2.45) is 0 Å². The van der Waals surface area contributed by atoms with Crippen LogP contribution in [0.5, 0.6) is 5.75 Å². The van der Waals surface area contributed by atoms with E-state index in [-0.39, 0.29) is 5.56 Å². The summed E-state index contributed by atoms with van der Waals surface area (Å²) >= 11 is 0. The van der Waals surface area contributed by atoms with Gasteiger partial charge in [0.1, 0.15) is 11.6 Å². The van der Waals surface area contributed by atoms with Crippen LogP contribution in [0, 0.1) is 5.82 Å². The van der Waals surface area contributed by atoms with E-state index in [9.17, 15) is 18.0 Å². The maximum atomic E-state index is 13.2. The van der Waals surface area contributed by atoms with Crippen molar-refractivity contribution in [1.82, 2.24) is 0 Å². The van der Waals surface area contributed by atoms with Gasteiger partial charge in [0.15, 0.2) is 0 Å². The predicted molar refractivity (Wildman–Crippen MR) is 49.7 cm³/mol. The standard InChI is InChI=1S/C10H7F3O3/c11-7-2-1-3-8(16-10(12)13)6(7)4-5-9(14)15/h1-5,10H,(H,14,15). The number of carboxylic acid groups (broad SMARTS) is 1. The molecule has 0 fully saturated rings. The number of rotatable bonds is 4. The minimum Gasteiger partial charge on any atom is -0.478 e. The third kappa shape index (κ3) is 3.30. The smallest absolute Gasteiger partial charge is 0.387 e. The van der Waals surface area contributed by atoms with Crippen LogP contribution in [0.4, 0.5) is 13.2 Å². The predicted octanol–water partition coefficient (Wildman–Crippen LogP) is 2.52. The van der Waals surface area contributed by atoms with Gasteiger partial charge < -0.3 is 9.84 Å². The molecule has 1 rings (SSSR count). The van der Waals surface area contributed by atoms with Crippen molar-refractivity contribution in [3.05, 3.63) is 35.7 Å². The fourth-order valence-corrected chi connectivity index (χ4v) is 1.03. The van der Waals surface area contributed by atoms with Crippen molar-refractivity contribution >= 4 is 12.0 Å².